The summed E-state index contributed by atoms with van der Waals surface area (Å²) in [6.45, 7) is 0. The Morgan fingerprint density at radius 1 is 1.20 bits per heavy atom. The molecule has 20 heavy (non-hydrogen) atoms. The number of rotatable bonds is 4. The molecule has 0 amide bonds. The highest BCUT2D eigenvalue weighted by Gasteiger charge is 2.27. The number of aromatic nitrogens is 5. The van der Waals surface area contributed by atoms with Gasteiger partial charge in [0.2, 0.25) is 5.16 Å². The minimum Gasteiger partial charge on any atom is -0.256 e. The van der Waals surface area contributed by atoms with E-state index in [-0.39, 0.29) is 0 Å². The summed E-state index contributed by atoms with van der Waals surface area (Å²) < 4.78 is 1.95. The van der Waals surface area contributed by atoms with Gasteiger partial charge in [-0.2, -0.15) is 0 Å². The van der Waals surface area contributed by atoms with Gasteiger partial charge in [-0.3, -0.25) is 4.98 Å². The van der Waals surface area contributed by atoms with Crippen LogP contribution >= 0.6 is 11.8 Å². The number of benzene rings is 1. The van der Waals surface area contributed by atoms with Gasteiger partial charge in [0.1, 0.15) is 0 Å². The number of para-hydroxylation sites is 1. The Labute approximate surface area is 120 Å². The van der Waals surface area contributed by atoms with Crippen molar-refractivity contribution >= 4 is 22.7 Å². The highest BCUT2D eigenvalue weighted by Crippen LogP contribution is 2.37. The molecule has 1 aliphatic rings. The van der Waals surface area contributed by atoms with E-state index in [0.29, 0.717) is 6.04 Å². The second-order valence-corrected chi connectivity index (χ2v) is 5.86. The lowest BCUT2D eigenvalue weighted by Gasteiger charge is -2.05. The maximum absolute atomic E-state index is 4.48. The average Bonchev–Trinajstić information content (AvgIpc) is 3.24. The Bertz CT molecular complexity index is 745. The van der Waals surface area contributed by atoms with E-state index in [9.17, 15) is 0 Å². The van der Waals surface area contributed by atoms with Gasteiger partial charge in [-0.1, -0.05) is 36.0 Å². The number of hydrogen-bond donors (Lipinski definition) is 0. The second-order valence-electron chi connectivity index (χ2n) is 4.92. The summed E-state index contributed by atoms with van der Waals surface area (Å²) in [5.74, 6) is 0.835. The lowest BCUT2D eigenvalue weighted by molar-refractivity contribution is 0.565. The van der Waals surface area contributed by atoms with Crippen molar-refractivity contribution in [2.45, 2.75) is 29.8 Å². The molecule has 0 atom stereocenters. The molecule has 0 bridgehead atoms. The topological polar surface area (TPSA) is 56.5 Å². The molecule has 3 aromatic rings. The normalized spacial score (nSPS) is 14.8. The molecule has 0 saturated heterocycles. The van der Waals surface area contributed by atoms with Crippen LogP contribution in [0.25, 0.3) is 10.9 Å². The van der Waals surface area contributed by atoms with Crippen LogP contribution in [0.2, 0.25) is 0 Å². The smallest absolute Gasteiger partial charge is 0.209 e. The summed E-state index contributed by atoms with van der Waals surface area (Å²) >= 11 is 1.68. The van der Waals surface area contributed by atoms with Gasteiger partial charge in [-0.05, 0) is 34.9 Å². The van der Waals surface area contributed by atoms with E-state index in [1.807, 2.05) is 16.9 Å². The number of tetrazole rings is 1. The highest BCUT2D eigenvalue weighted by atomic mass is 32.2. The zero-order valence-corrected chi connectivity index (χ0v) is 11.6. The van der Waals surface area contributed by atoms with Crippen molar-refractivity contribution in [2.75, 3.05) is 0 Å². The van der Waals surface area contributed by atoms with Crippen molar-refractivity contribution in [3.63, 3.8) is 0 Å². The van der Waals surface area contributed by atoms with Gasteiger partial charge in [0.15, 0.2) is 0 Å². The number of thioether (sulfide) groups is 1. The summed E-state index contributed by atoms with van der Waals surface area (Å²) in [5.41, 5.74) is 2.28. The van der Waals surface area contributed by atoms with Gasteiger partial charge < -0.3 is 0 Å². The third kappa shape index (κ3) is 2.16. The molecule has 5 nitrogen and oxygen atoms in total. The molecule has 100 valence electrons. The Morgan fingerprint density at radius 3 is 3.00 bits per heavy atom. The van der Waals surface area contributed by atoms with E-state index >= 15 is 0 Å². The van der Waals surface area contributed by atoms with Gasteiger partial charge in [0.05, 0.1) is 11.6 Å². The van der Waals surface area contributed by atoms with Crippen LogP contribution in [0, 0.1) is 0 Å². The Kier molecular flexibility index (Phi) is 2.88. The van der Waals surface area contributed by atoms with Crippen molar-refractivity contribution < 1.29 is 0 Å². The monoisotopic (exact) mass is 283 g/mol. The molecular formula is C14H13N5S. The molecule has 0 aliphatic heterocycles. The van der Waals surface area contributed by atoms with Crippen molar-refractivity contribution in [1.82, 2.24) is 25.2 Å². The standard InChI is InChI=1S/C14H13N5S/c1-3-10-5-2-8-15-13(10)11(4-1)9-20-14-16-17-18-19(14)12-6-7-12/h1-5,8,12H,6-7,9H2. The van der Waals surface area contributed by atoms with E-state index in [4.69, 9.17) is 0 Å². The van der Waals surface area contributed by atoms with Crippen molar-refractivity contribution in [3.05, 3.63) is 42.1 Å². The molecule has 0 unspecified atom stereocenters. The maximum atomic E-state index is 4.48. The first-order valence-electron chi connectivity index (χ1n) is 6.65. The fourth-order valence-corrected chi connectivity index (χ4v) is 3.18. The molecule has 1 aromatic carbocycles. The molecule has 1 saturated carbocycles. The minimum absolute atomic E-state index is 0.512. The molecule has 6 heteroatoms. The number of fused-ring (bicyclic) bond motifs is 1. The first-order valence-corrected chi connectivity index (χ1v) is 7.64. The molecule has 0 spiro atoms. The van der Waals surface area contributed by atoms with E-state index in [0.717, 1.165) is 16.4 Å². The van der Waals surface area contributed by atoms with Crippen LogP contribution in [0.15, 0.2) is 41.7 Å². The van der Waals surface area contributed by atoms with Crippen molar-refractivity contribution in [2.24, 2.45) is 0 Å². The van der Waals surface area contributed by atoms with Gasteiger partial charge in [0.25, 0.3) is 0 Å². The van der Waals surface area contributed by atoms with Crippen LogP contribution in [0.5, 0.6) is 0 Å². The molecule has 1 aliphatic carbocycles. The summed E-state index contributed by atoms with van der Waals surface area (Å²) in [7, 11) is 0. The zero-order chi connectivity index (χ0) is 13.4. The average molecular weight is 283 g/mol. The van der Waals surface area contributed by atoms with Crippen LogP contribution in [0.1, 0.15) is 24.4 Å². The summed E-state index contributed by atoms with van der Waals surface area (Å²) in [4.78, 5) is 4.48. The Balaban J connectivity index is 1.60. The minimum atomic E-state index is 0.512. The van der Waals surface area contributed by atoms with Gasteiger partial charge in [-0.15, -0.1) is 5.10 Å². The SMILES string of the molecule is c1cnc2c(CSc3nnnn3C3CC3)cccc2c1. The second kappa shape index (κ2) is 4.86. The van der Waals surface area contributed by atoms with Crippen LogP contribution < -0.4 is 0 Å². The fourth-order valence-electron chi connectivity index (χ4n) is 2.25. The van der Waals surface area contributed by atoms with Crippen LogP contribution in [0.4, 0.5) is 0 Å². The first-order chi connectivity index (χ1) is 9.92. The number of nitrogens with zero attached hydrogens (tertiary/aromatic N) is 5. The molecule has 2 aromatic heterocycles. The summed E-state index contributed by atoms with van der Waals surface area (Å²) in [6.07, 6.45) is 4.22. The van der Waals surface area contributed by atoms with Crippen LogP contribution in [-0.2, 0) is 5.75 Å². The molecule has 0 N–H and O–H groups in total. The van der Waals surface area contributed by atoms with Gasteiger partial charge in [-0.25, -0.2) is 4.68 Å². The Morgan fingerprint density at radius 2 is 2.10 bits per heavy atom. The highest BCUT2D eigenvalue weighted by molar-refractivity contribution is 7.98. The fraction of sp³-hybridized carbons (Fsp3) is 0.286. The van der Waals surface area contributed by atoms with Crippen molar-refractivity contribution in [1.29, 1.82) is 0 Å². The summed E-state index contributed by atoms with van der Waals surface area (Å²) in [6, 6.07) is 10.8. The van der Waals surface area contributed by atoms with Crippen LogP contribution in [-0.4, -0.2) is 25.2 Å². The van der Waals surface area contributed by atoms with E-state index in [1.165, 1.54) is 23.8 Å². The molecular weight excluding hydrogens is 270 g/mol. The van der Waals surface area contributed by atoms with E-state index in [2.05, 4.69) is 44.8 Å². The maximum Gasteiger partial charge on any atom is 0.209 e. The summed E-state index contributed by atoms with van der Waals surface area (Å²) in [5, 5.41) is 14.1. The molecule has 0 radical (unpaired) electrons. The van der Waals surface area contributed by atoms with Gasteiger partial charge in [0, 0.05) is 17.3 Å². The van der Waals surface area contributed by atoms with Crippen LogP contribution in [0.3, 0.4) is 0 Å². The predicted molar refractivity (Wildman–Crippen MR) is 77.4 cm³/mol. The number of hydrogen-bond acceptors (Lipinski definition) is 5. The van der Waals surface area contributed by atoms with Gasteiger partial charge >= 0.3 is 0 Å². The first kappa shape index (κ1) is 11.8. The van der Waals surface area contributed by atoms with Crippen molar-refractivity contribution in [3.8, 4) is 0 Å². The molecule has 4 rings (SSSR count). The van der Waals surface area contributed by atoms with E-state index < -0.39 is 0 Å². The third-order valence-electron chi connectivity index (χ3n) is 3.43. The number of pyridine rings is 1. The largest absolute Gasteiger partial charge is 0.256 e. The lowest BCUT2D eigenvalue weighted by Crippen LogP contribution is -1.99. The molecule has 1 fully saturated rings. The third-order valence-corrected chi connectivity index (χ3v) is 4.41. The van der Waals surface area contributed by atoms with E-state index in [1.54, 1.807) is 11.8 Å². The lowest BCUT2D eigenvalue weighted by atomic mass is 10.1. The zero-order valence-electron chi connectivity index (χ0n) is 10.8. The quantitative estimate of drug-likeness (QED) is 0.689. The molecule has 2 heterocycles. The predicted octanol–water partition coefficient (Wildman–Crippen LogP) is 2.85. The Hall–Kier alpha value is -1.95.